The van der Waals surface area contributed by atoms with Gasteiger partial charge in [0.05, 0.1) is 4.91 Å². The van der Waals surface area contributed by atoms with Crippen LogP contribution in [0.3, 0.4) is 0 Å². The van der Waals surface area contributed by atoms with Crippen LogP contribution in [-0.4, -0.2) is 29.1 Å². The molecule has 0 saturated carbocycles. The highest BCUT2D eigenvalue weighted by Crippen LogP contribution is 2.30. The fourth-order valence-corrected chi connectivity index (χ4v) is 2.90. The number of carbonyl (C=O) groups is 1. The zero-order valence-electron chi connectivity index (χ0n) is 10.9. The van der Waals surface area contributed by atoms with Crippen LogP contribution in [0.1, 0.15) is 19.4 Å². The van der Waals surface area contributed by atoms with E-state index < -0.39 is 0 Å². The fourth-order valence-electron chi connectivity index (χ4n) is 1.74. The lowest BCUT2D eigenvalue weighted by atomic mass is 10.2. The molecule has 1 aliphatic heterocycles. The van der Waals surface area contributed by atoms with Crippen molar-refractivity contribution in [3.05, 3.63) is 39.8 Å². The number of rotatable bonds is 3. The predicted molar refractivity (Wildman–Crippen MR) is 82.4 cm³/mol. The van der Waals surface area contributed by atoms with Crippen LogP contribution >= 0.6 is 23.4 Å². The van der Waals surface area contributed by atoms with E-state index >= 15 is 0 Å². The number of thioether (sulfide) groups is 1. The first-order chi connectivity index (χ1) is 9.13. The van der Waals surface area contributed by atoms with Gasteiger partial charge in [-0.2, -0.15) is 4.99 Å². The SMILES string of the molecule is CCN(CC)C1=NC(=O)/C(=C/c2ccc(Cl)cc2)S1. The number of benzene rings is 1. The Morgan fingerprint density at radius 1 is 1.26 bits per heavy atom. The molecule has 0 N–H and O–H groups in total. The molecule has 100 valence electrons. The number of hydrogen-bond donors (Lipinski definition) is 0. The van der Waals surface area contributed by atoms with E-state index in [0.29, 0.717) is 9.93 Å². The third-order valence-electron chi connectivity index (χ3n) is 2.81. The van der Waals surface area contributed by atoms with Crippen LogP contribution in [0.2, 0.25) is 5.02 Å². The molecule has 19 heavy (non-hydrogen) atoms. The molecule has 1 heterocycles. The average Bonchev–Trinajstić information content (AvgIpc) is 2.75. The molecule has 0 fully saturated rings. The number of halogens is 1. The molecular weight excluding hydrogens is 280 g/mol. The third-order valence-corrected chi connectivity index (χ3v) is 4.11. The Balaban J connectivity index is 2.17. The molecule has 0 radical (unpaired) electrons. The van der Waals surface area contributed by atoms with Gasteiger partial charge in [0.25, 0.3) is 5.91 Å². The number of amides is 1. The summed E-state index contributed by atoms with van der Waals surface area (Å²) in [4.78, 5) is 18.7. The first-order valence-corrected chi connectivity index (χ1v) is 7.36. The van der Waals surface area contributed by atoms with Crippen molar-refractivity contribution >= 4 is 40.5 Å². The van der Waals surface area contributed by atoms with Gasteiger partial charge in [-0.1, -0.05) is 23.7 Å². The Labute approximate surface area is 122 Å². The Kier molecular flexibility index (Phi) is 4.66. The molecule has 0 aromatic heterocycles. The summed E-state index contributed by atoms with van der Waals surface area (Å²) in [7, 11) is 0. The van der Waals surface area contributed by atoms with E-state index in [1.807, 2.05) is 30.3 Å². The number of nitrogens with zero attached hydrogens (tertiary/aromatic N) is 2. The average molecular weight is 295 g/mol. The van der Waals surface area contributed by atoms with Gasteiger partial charge in [0.2, 0.25) is 0 Å². The van der Waals surface area contributed by atoms with Gasteiger partial charge < -0.3 is 4.90 Å². The molecule has 2 rings (SSSR count). The second-order valence-electron chi connectivity index (χ2n) is 4.03. The molecule has 0 atom stereocenters. The van der Waals surface area contributed by atoms with Gasteiger partial charge >= 0.3 is 0 Å². The fraction of sp³-hybridized carbons (Fsp3) is 0.286. The highest BCUT2D eigenvalue weighted by Gasteiger charge is 2.24. The molecule has 1 aliphatic rings. The maximum atomic E-state index is 11.9. The van der Waals surface area contributed by atoms with E-state index in [-0.39, 0.29) is 5.91 Å². The lowest BCUT2D eigenvalue weighted by Crippen LogP contribution is -2.26. The summed E-state index contributed by atoms with van der Waals surface area (Å²) < 4.78 is 0. The van der Waals surface area contributed by atoms with Crippen molar-refractivity contribution in [2.75, 3.05) is 13.1 Å². The van der Waals surface area contributed by atoms with E-state index in [0.717, 1.165) is 23.8 Å². The Morgan fingerprint density at radius 3 is 2.47 bits per heavy atom. The number of carbonyl (C=O) groups excluding carboxylic acids is 1. The minimum atomic E-state index is -0.165. The quantitative estimate of drug-likeness (QED) is 0.798. The molecule has 1 amide bonds. The van der Waals surface area contributed by atoms with Gasteiger partial charge in [-0.15, -0.1) is 0 Å². The summed E-state index contributed by atoms with van der Waals surface area (Å²) in [6.07, 6.45) is 1.85. The Hall–Kier alpha value is -1.26. The van der Waals surface area contributed by atoms with Crippen molar-refractivity contribution in [1.29, 1.82) is 0 Å². The van der Waals surface area contributed by atoms with Crippen molar-refractivity contribution in [3.8, 4) is 0 Å². The third kappa shape index (κ3) is 3.39. The number of aliphatic imine (C=N–C) groups is 1. The van der Waals surface area contributed by atoms with Gasteiger partial charge in [0.15, 0.2) is 5.17 Å². The maximum Gasteiger partial charge on any atom is 0.286 e. The molecular formula is C14H15ClN2OS. The first-order valence-electron chi connectivity index (χ1n) is 6.17. The summed E-state index contributed by atoms with van der Waals surface area (Å²) >= 11 is 7.27. The molecule has 0 unspecified atom stereocenters. The monoisotopic (exact) mass is 294 g/mol. The van der Waals surface area contributed by atoms with Gasteiger partial charge in [-0.3, -0.25) is 4.79 Å². The van der Waals surface area contributed by atoms with E-state index in [1.54, 1.807) is 0 Å². The predicted octanol–water partition coefficient (Wildman–Crippen LogP) is 3.65. The standard InChI is InChI=1S/C14H15ClN2OS/c1-3-17(4-2)14-16-13(18)12(19-14)9-10-5-7-11(15)8-6-10/h5-9H,3-4H2,1-2H3/b12-9-. The van der Waals surface area contributed by atoms with E-state index in [4.69, 9.17) is 11.6 Å². The Bertz CT molecular complexity index is 533. The van der Waals surface area contributed by atoms with E-state index in [9.17, 15) is 4.79 Å². The smallest absolute Gasteiger partial charge is 0.286 e. The molecule has 1 aromatic rings. The topological polar surface area (TPSA) is 32.7 Å². The second-order valence-corrected chi connectivity index (χ2v) is 5.48. The van der Waals surface area contributed by atoms with Crippen molar-refractivity contribution in [3.63, 3.8) is 0 Å². The van der Waals surface area contributed by atoms with Crippen LogP contribution in [-0.2, 0) is 4.79 Å². The summed E-state index contributed by atoms with van der Waals surface area (Å²) in [6.45, 7) is 5.81. The minimum Gasteiger partial charge on any atom is -0.351 e. The van der Waals surface area contributed by atoms with Crippen molar-refractivity contribution in [2.24, 2.45) is 4.99 Å². The molecule has 0 spiro atoms. The van der Waals surface area contributed by atoms with Crippen LogP contribution in [0, 0.1) is 0 Å². The van der Waals surface area contributed by atoms with Gasteiger partial charge in [0, 0.05) is 18.1 Å². The minimum absolute atomic E-state index is 0.165. The summed E-state index contributed by atoms with van der Waals surface area (Å²) in [5.74, 6) is -0.165. The molecule has 0 saturated heterocycles. The van der Waals surface area contributed by atoms with Crippen LogP contribution in [0.25, 0.3) is 6.08 Å². The van der Waals surface area contributed by atoms with Crippen LogP contribution < -0.4 is 0 Å². The van der Waals surface area contributed by atoms with Gasteiger partial charge in [-0.05, 0) is 49.4 Å². The molecule has 5 heteroatoms. The lowest BCUT2D eigenvalue weighted by Gasteiger charge is -2.18. The summed E-state index contributed by atoms with van der Waals surface area (Å²) in [5, 5.41) is 1.47. The largest absolute Gasteiger partial charge is 0.351 e. The van der Waals surface area contributed by atoms with Crippen LogP contribution in [0.4, 0.5) is 0 Å². The zero-order chi connectivity index (χ0) is 13.8. The number of hydrogen-bond acceptors (Lipinski definition) is 3. The van der Waals surface area contributed by atoms with Gasteiger partial charge in [0.1, 0.15) is 0 Å². The highest BCUT2D eigenvalue weighted by atomic mass is 35.5. The zero-order valence-corrected chi connectivity index (χ0v) is 12.5. The summed E-state index contributed by atoms with van der Waals surface area (Å²) in [6, 6.07) is 7.39. The second kappa shape index (κ2) is 6.26. The van der Waals surface area contributed by atoms with Crippen molar-refractivity contribution in [1.82, 2.24) is 4.90 Å². The molecule has 0 bridgehead atoms. The van der Waals surface area contributed by atoms with Crippen LogP contribution in [0.15, 0.2) is 34.2 Å². The van der Waals surface area contributed by atoms with E-state index in [1.165, 1.54) is 11.8 Å². The maximum absolute atomic E-state index is 11.9. The van der Waals surface area contributed by atoms with Crippen molar-refractivity contribution in [2.45, 2.75) is 13.8 Å². The van der Waals surface area contributed by atoms with Crippen LogP contribution in [0.5, 0.6) is 0 Å². The van der Waals surface area contributed by atoms with E-state index in [2.05, 4.69) is 23.7 Å². The molecule has 3 nitrogen and oxygen atoms in total. The lowest BCUT2D eigenvalue weighted by molar-refractivity contribution is -0.113. The highest BCUT2D eigenvalue weighted by molar-refractivity contribution is 8.18. The molecule has 0 aliphatic carbocycles. The van der Waals surface area contributed by atoms with Crippen molar-refractivity contribution < 1.29 is 4.79 Å². The number of amidine groups is 1. The van der Waals surface area contributed by atoms with Gasteiger partial charge in [-0.25, -0.2) is 0 Å². The first kappa shape index (κ1) is 14.2. The molecule has 1 aromatic carbocycles. The normalized spacial score (nSPS) is 16.9. The Morgan fingerprint density at radius 2 is 1.89 bits per heavy atom. The summed E-state index contributed by atoms with van der Waals surface area (Å²) in [5.41, 5.74) is 0.955.